The molecule has 1 aliphatic rings. The van der Waals surface area contributed by atoms with Crippen molar-refractivity contribution in [3.05, 3.63) is 35.9 Å². The van der Waals surface area contributed by atoms with Crippen molar-refractivity contribution in [1.82, 2.24) is 9.80 Å². The lowest BCUT2D eigenvalue weighted by Crippen LogP contribution is -2.68. The van der Waals surface area contributed by atoms with Crippen LogP contribution < -0.4 is 0 Å². The van der Waals surface area contributed by atoms with Crippen LogP contribution in [0.15, 0.2) is 30.3 Å². The molecular formula is C21H30N2O6. The molecule has 1 atom stereocenters. The van der Waals surface area contributed by atoms with Crippen molar-refractivity contribution >= 4 is 18.2 Å². The largest absolute Gasteiger partial charge is 0.467 e. The summed E-state index contributed by atoms with van der Waals surface area (Å²) < 4.78 is 15.9. The number of piperazine rings is 1. The van der Waals surface area contributed by atoms with Crippen LogP contribution in [0.1, 0.15) is 39.7 Å². The van der Waals surface area contributed by atoms with Crippen LogP contribution >= 0.6 is 0 Å². The zero-order chi connectivity index (χ0) is 21.7. The Hall–Kier alpha value is -2.77. The third-order valence-electron chi connectivity index (χ3n) is 4.79. The topological polar surface area (TPSA) is 85.4 Å². The summed E-state index contributed by atoms with van der Waals surface area (Å²) in [4.78, 5) is 40.9. The van der Waals surface area contributed by atoms with E-state index in [0.717, 1.165) is 5.56 Å². The van der Waals surface area contributed by atoms with Crippen LogP contribution in [0, 0.1) is 0 Å². The van der Waals surface area contributed by atoms with E-state index in [1.807, 2.05) is 30.3 Å². The van der Waals surface area contributed by atoms with Crippen LogP contribution in [0.5, 0.6) is 0 Å². The molecule has 0 aromatic heterocycles. The third-order valence-corrected chi connectivity index (χ3v) is 4.79. The van der Waals surface area contributed by atoms with Crippen LogP contribution in [0.25, 0.3) is 0 Å². The van der Waals surface area contributed by atoms with Crippen molar-refractivity contribution in [3.8, 4) is 0 Å². The Bertz CT molecular complexity index is 730. The third kappa shape index (κ3) is 5.40. The molecule has 8 heteroatoms. The molecule has 0 saturated carbocycles. The van der Waals surface area contributed by atoms with Crippen LogP contribution in [0.2, 0.25) is 0 Å². The summed E-state index contributed by atoms with van der Waals surface area (Å²) in [5, 5.41) is 0. The molecule has 1 aromatic rings. The van der Waals surface area contributed by atoms with E-state index >= 15 is 0 Å². The predicted octanol–water partition coefficient (Wildman–Crippen LogP) is 3.20. The first-order valence-corrected chi connectivity index (χ1v) is 9.67. The van der Waals surface area contributed by atoms with Crippen molar-refractivity contribution < 1.29 is 28.6 Å². The Kier molecular flexibility index (Phi) is 7.11. The normalized spacial score (nSPS) is 19.5. The van der Waals surface area contributed by atoms with Gasteiger partial charge in [-0.05, 0) is 32.8 Å². The molecule has 0 N–H and O–H groups in total. The van der Waals surface area contributed by atoms with E-state index < -0.39 is 29.3 Å². The first-order valence-electron chi connectivity index (χ1n) is 9.67. The molecule has 0 spiro atoms. The van der Waals surface area contributed by atoms with E-state index in [-0.39, 0.29) is 32.7 Å². The molecule has 1 aromatic carbocycles. The van der Waals surface area contributed by atoms with Crippen molar-refractivity contribution in [2.45, 2.75) is 51.9 Å². The number of rotatable bonds is 4. The fraction of sp³-hybridized carbons (Fsp3) is 0.571. The van der Waals surface area contributed by atoms with Crippen LogP contribution in [-0.2, 0) is 25.6 Å². The summed E-state index contributed by atoms with van der Waals surface area (Å²) in [7, 11) is 1.26. The molecule has 1 saturated heterocycles. The molecule has 0 bridgehead atoms. The van der Waals surface area contributed by atoms with Gasteiger partial charge in [0.25, 0.3) is 0 Å². The van der Waals surface area contributed by atoms with Crippen LogP contribution in [0.4, 0.5) is 9.59 Å². The van der Waals surface area contributed by atoms with Gasteiger partial charge in [0.05, 0.1) is 13.7 Å². The van der Waals surface area contributed by atoms with Gasteiger partial charge in [-0.1, -0.05) is 37.3 Å². The number of hydrogen-bond acceptors (Lipinski definition) is 6. The second-order valence-corrected chi connectivity index (χ2v) is 7.97. The van der Waals surface area contributed by atoms with Gasteiger partial charge in [0.15, 0.2) is 5.54 Å². The molecule has 0 aliphatic carbocycles. The summed E-state index contributed by atoms with van der Waals surface area (Å²) in [5.41, 5.74) is -1.16. The summed E-state index contributed by atoms with van der Waals surface area (Å²) in [6, 6.07) is 9.28. The van der Waals surface area contributed by atoms with Crippen molar-refractivity contribution in [2.24, 2.45) is 0 Å². The summed E-state index contributed by atoms with van der Waals surface area (Å²) in [6.45, 7) is 7.52. The Morgan fingerprint density at radius 1 is 1.07 bits per heavy atom. The Morgan fingerprint density at radius 2 is 1.72 bits per heavy atom. The Morgan fingerprint density at radius 3 is 2.28 bits per heavy atom. The molecule has 1 heterocycles. The highest BCUT2D eigenvalue weighted by molar-refractivity contribution is 5.87. The van der Waals surface area contributed by atoms with Gasteiger partial charge in [0.2, 0.25) is 0 Å². The summed E-state index contributed by atoms with van der Waals surface area (Å²) in [6.07, 6.45) is -0.888. The fourth-order valence-electron chi connectivity index (χ4n) is 3.27. The number of benzene rings is 1. The lowest BCUT2D eigenvalue weighted by Gasteiger charge is -2.47. The van der Waals surface area contributed by atoms with Gasteiger partial charge in [-0.25, -0.2) is 14.4 Å². The van der Waals surface area contributed by atoms with E-state index in [1.54, 1.807) is 27.7 Å². The maximum Gasteiger partial charge on any atom is 0.411 e. The van der Waals surface area contributed by atoms with Crippen molar-refractivity contribution in [2.75, 3.05) is 26.7 Å². The van der Waals surface area contributed by atoms with E-state index in [0.29, 0.717) is 0 Å². The van der Waals surface area contributed by atoms with Crippen molar-refractivity contribution in [3.63, 3.8) is 0 Å². The molecule has 1 aliphatic heterocycles. The molecule has 29 heavy (non-hydrogen) atoms. The minimum atomic E-state index is -1.34. The highest BCUT2D eigenvalue weighted by Gasteiger charge is 2.52. The molecular weight excluding hydrogens is 376 g/mol. The SMILES string of the molecule is CCC1(C(=O)OC)CN(C(=O)OC(C)(C)C)CCN1C(=O)OCc1ccccc1. The maximum atomic E-state index is 12.8. The predicted molar refractivity (Wildman–Crippen MR) is 106 cm³/mol. The van der Waals surface area contributed by atoms with Crippen LogP contribution in [-0.4, -0.2) is 65.8 Å². The fourth-order valence-corrected chi connectivity index (χ4v) is 3.27. The highest BCUT2D eigenvalue weighted by atomic mass is 16.6. The molecule has 0 radical (unpaired) electrons. The maximum absolute atomic E-state index is 12.8. The van der Waals surface area contributed by atoms with Gasteiger partial charge in [-0.3, -0.25) is 4.90 Å². The highest BCUT2D eigenvalue weighted by Crippen LogP contribution is 2.29. The molecule has 8 nitrogen and oxygen atoms in total. The van der Waals surface area contributed by atoms with E-state index in [1.165, 1.54) is 16.9 Å². The molecule has 160 valence electrons. The number of amides is 2. The lowest BCUT2D eigenvalue weighted by molar-refractivity contribution is -0.158. The minimum Gasteiger partial charge on any atom is -0.467 e. The molecule has 2 amide bonds. The van der Waals surface area contributed by atoms with Gasteiger partial charge in [0, 0.05) is 13.1 Å². The quantitative estimate of drug-likeness (QED) is 0.564. The number of carbonyl (C=O) groups excluding carboxylic acids is 3. The second kappa shape index (κ2) is 9.15. The zero-order valence-electron chi connectivity index (χ0n) is 17.8. The van der Waals surface area contributed by atoms with E-state index in [2.05, 4.69) is 0 Å². The number of carbonyl (C=O) groups is 3. The van der Waals surface area contributed by atoms with Gasteiger partial charge < -0.3 is 19.1 Å². The van der Waals surface area contributed by atoms with Gasteiger partial charge in [0.1, 0.15) is 12.2 Å². The summed E-state index contributed by atoms with van der Waals surface area (Å²) in [5.74, 6) is -0.593. The van der Waals surface area contributed by atoms with Gasteiger partial charge in [-0.2, -0.15) is 0 Å². The number of esters is 1. The standard InChI is InChI=1S/C21H30N2O6/c1-6-21(17(24)27-5)15-22(18(25)29-20(2,3)4)12-13-23(21)19(26)28-14-16-10-8-7-9-11-16/h7-11H,6,12-15H2,1-5H3. The van der Waals surface area contributed by atoms with Gasteiger partial charge >= 0.3 is 18.2 Å². The number of ether oxygens (including phenoxy) is 3. The second-order valence-electron chi connectivity index (χ2n) is 7.97. The summed E-state index contributed by atoms with van der Waals surface area (Å²) >= 11 is 0. The lowest BCUT2D eigenvalue weighted by atomic mass is 9.91. The monoisotopic (exact) mass is 406 g/mol. The Labute approximate surface area is 171 Å². The average molecular weight is 406 g/mol. The van der Waals surface area contributed by atoms with E-state index in [4.69, 9.17) is 14.2 Å². The number of methoxy groups -OCH3 is 1. The first-order chi connectivity index (χ1) is 13.6. The van der Waals surface area contributed by atoms with E-state index in [9.17, 15) is 14.4 Å². The minimum absolute atomic E-state index is 0.0223. The zero-order valence-corrected chi connectivity index (χ0v) is 17.8. The molecule has 1 unspecified atom stereocenters. The Balaban J connectivity index is 2.19. The molecule has 2 rings (SSSR count). The van der Waals surface area contributed by atoms with Crippen LogP contribution in [0.3, 0.4) is 0 Å². The van der Waals surface area contributed by atoms with Gasteiger partial charge in [-0.15, -0.1) is 0 Å². The molecule has 1 fully saturated rings. The first kappa shape index (κ1) is 22.5. The van der Waals surface area contributed by atoms with Crippen molar-refractivity contribution in [1.29, 1.82) is 0 Å². The number of nitrogens with zero attached hydrogens (tertiary/aromatic N) is 2. The average Bonchev–Trinajstić information content (AvgIpc) is 2.70. The number of hydrogen-bond donors (Lipinski definition) is 0. The smallest absolute Gasteiger partial charge is 0.411 e.